The average molecular weight is 326 g/mol. The fourth-order valence-electron chi connectivity index (χ4n) is 1.55. The van der Waals surface area contributed by atoms with Crippen LogP contribution in [-0.2, 0) is 5.33 Å². The maximum absolute atomic E-state index is 13.4. The quantitative estimate of drug-likeness (QED) is 0.845. The van der Waals surface area contributed by atoms with Crippen molar-refractivity contribution in [3.8, 4) is 0 Å². The molecule has 1 amide bonds. The summed E-state index contributed by atoms with van der Waals surface area (Å²) >= 11 is 3.29. The number of nitrogens with one attached hydrogen (secondary N) is 1. The summed E-state index contributed by atoms with van der Waals surface area (Å²) in [5.74, 6) is -2.15. The molecule has 0 aromatic heterocycles. The van der Waals surface area contributed by atoms with Gasteiger partial charge in [-0.05, 0) is 29.8 Å². The Morgan fingerprint density at radius 2 is 1.63 bits per heavy atom. The predicted molar refractivity (Wildman–Crippen MR) is 73.4 cm³/mol. The molecule has 0 aliphatic heterocycles. The van der Waals surface area contributed by atoms with E-state index in [0.717, 1.165) is 17.7 Å². The molecular formula is C14H10BrF2NO. The lowest BCUT2D eigenvalue weighted by Crippen LogP contribution is -2.14. The molecule has 2 nitrogen and oxygen atoms in total. The summed E-state index contributed by atoms with van der Waals surface area (Å²) in [7, 11) is 0. The molecule has 0 saturated heterocycles. The number of para-hydroxylation sites is 1. The van der Waals surface area contributed by atoms with E-state index < -0.39 is 23.2 Å². The summed E-state index contributed by atoms with van der Waals surface area (Å²) < 4.78 is 26.8. The van der Waals surface area contributed by atoms with Crippen molar-refractivity contribution in [2.45, 2.75) is 5.33 Å². The highest BCUT2D eigenvalue weighted by Gasteiger charge is 2.13. The number of hydrogen-bond acceptors (Lipinski definition) is 1. The first kappa shape index (κ1) is 13.7. The molecule has 2 aromatic rings. The predicted octanol–water partition coefficient (Wildman–Crippen LogP) is 4.11. The van der Waals surface area contributed by atoms with E-state index >= 15 is 0 Å². The highest BCUT2D eigenvalue weighted by molar-refractivity contribution is 9.08. The Kier molecular flexibility index (Phi) is 4.27. The van der Waals surface area contributed by atoms with E-state index in [1.54, 1.807) is 24.3 Å². The van der Waals surface area contributed by atoms with Gasteiger partial charge in [0.2, 0.25) is 0 Å². The zero-order valence-electron chi connectivity index (χ0n) is 9.79. The van der Waals surface area contributed by atoms with Crippen LogP contribution in [-0.4, -0.2) is 5.91 Å². The zero-order valence-corrected chi connectivity index (χ0v) is 11.4. The van der Waals surface area contributed by atoms with Crippen molar-refractivity contribution in [2.24, 2.45) is 0 Å². The van der Waals surface area contributed by atoms with Crippen LogP contribution < -0.4 is 5.32 Å². The van der Waals surface area contributed by atoms with Crippen LogP contribution in [0.15, 0.2) is 42.5 Å². The lowest BCUT2D eigenvalue weighted by Gasteiger charge is -2.07. The molecule has 0 unspecified atom stereocenters. The number of alkyl halides is 1. The molecule has 1 N–H and O–H groups in total. The molecule has 0 fully saturated rings. The Morgan fingerprint density at radius 3 is 2.16 bits per heavy atom. The van der Waals surface area contributed by atoms with E-state index in [1.807, 2.05) is 0 Å². The van der Waals surface area contributed by atoms with Gasteiger partial charge in [-0.25, -0.2) is 8.78 Å². The van der Waals surface area contributed by atoms with Crippen LogP contribution in [0.25, 0.3) is 0 Å². The maximum atomic E-state index is 13.4. The van der Waals surface area contributed by atoms with Gasteiger partial charge < -0.3 is 5.32 Å². The van der Waals surface area contributed by atoms with Crippen LogP contribution in [0.5, 0.6) is 0 Å². The van der Waals surface area contributed by atoms with Gasteiger partial charge in [0, 0.05) is 10.9 Å². The largest absolute Gasteiger partial charge is 0.317 e. The number of hydrogen-bond donors (Lipinski definition) is 1. The number of anilines is 1. The second-order valence-corrected chi connectivity index (χ2v) is 4.44. The Labute approximate surface area is 117 Å². The summed E-state index contributed by atoms with van der Waals surface area (Å²) in [6.07, 6.45) is 0. The Hall–Kier alpha value is -1.75. The Morgan fingerprint density at radius 1 is 1.05 bits per heavy atom. The Balaban J connectivity index is 2.20. The van der Waals surface area contributed by atoms with Crippen LogP contribution in [0.1, 0.15) is 15.9 Å². The van der Waals surface area contributed by atoms with Gasteiger partial charge in [0.25, 0.3) is 5.91 Å². The maximum Gasteiger partial charge on any atom is 0.255 e. The molecule has 2 aromatic carbocycles. The van der Waals surface area contributed by atoms with E-state index in [2.05, 4.69) is 21.2 Å². The number of benzene rings is 2. The molecule has 0 spiro atoms. The lowest BCUT2D eigenvalue weighted by atomic mass is 10.1. The first-order chi connectivity index (χ1) is 9.11. The van der Waals surface area contributed by atoms with Crippen molar-refractivity contribution >= 4 is 27.5 Å². The van der Waals surface area contributed by atoms with E-state index in [4.69, 9.17) is 0 Å². The van der Waals surface area contributed by atoms with E-state index in [0.29, 0.717) is 10.9 Å². The highest BCUT2D eigenvalue weighted by Crippen LogP contribution is 2.19. The lowest BCUT2D eigenvalue weighted by molar-refractivity contribution is 0.102. The summed E-state index contributed by atoms with van der Waals surface area (Å²) in [6.45, 7) is 0. The van der Waals surface area contributed by atoms with Crippen LogP contribution in [0.2, 0.25) is 0 Å². The van der Waals surface area contributed by atoms with Crippen molar-refractivity contribution in [1.29, 1.82) is 0 Å². The van der Waals surface area contributed by atoms with Gasteiger partial charge in [-0.1, -0.05) is 34.1 Å². The molecule has 19 heavy (non-hydrogen) atoms. The van der Waals surface area contributed by atoms with Gasteiger partial charge in [-0.3, -0.25) is 4.79 Å². The normalized spacial score (nSPS) is 10.3. The Bertz CT molecular complexity index is 579. The van der Waals surface area contributed by atoms with Gasteiger partial charge in [0.15, 0.2) is 0 Å². The minimum absolute atomic E-state index is 0.340. The van der Waals surface area contributed by atoms with Crippen LogP contribution in [0, 0.1) is 11.6 Å². The topological polar surface area (TPSA) is 29.1 Å². The first-order valence-corrected chi connectivity index (χ1v) is 6.64. The third-order valence-corrected chi connectivity index (χ3v) is 3.22. The number of carbonyl (C=O) groups is 1. The molecule has 5 heteroatoms. The number of rotatable bonds is 3. The van der Waals surface area contributed by atoms with Crippen molar-refractivity contribution in [2.75, 3.05) is 5.32 Å². The van der Waals surface area contributed by atoms with Crippen molar-refractivity contribution in [3.63, 3.8) is 0 Å². The highest BCUT2D eigenvalue weighted by atomic mass is 79.9. The zero-order chi connectivity index (χ0) is 13.8. The van der Waals surface area contributed by atoms with Crippen molar-refractivity contribution in [3.05, 3.63) is 65.2 Å². The molecule has 0 atom stereocenters. The SMILES string of the molecule is O=C(Nc1c(F)cccc1F)c1ccc(CBr)cc1. The number of halogens is 3. The van der Waals surface area contributed by atoms with Gasteiger partial charge in [-0.15, -0.1) is 0 Å². The molecule has 0 radical (unpaired) electrons. The van der Waals surface area contributed by atoms with E-state index in [9.17, 15) is 13.6 Å². The summed E-state index contributed by atoms with van der Waals surface area (Å²) in [4.78, 5) is 11.9. The number of amides is 1. The van der Waals surface area contributed by atoms with E-state index in [1.165, 1.54) is 6.07 Å². The molecule has 0 saturated carbocycles. The molecule has 0 bridgehead atoms. The molecular weight excluding hydrogens is 316 g/mol. The monoisotopic (exact) mass is 325 g/mol. The van der Waals surface area contributed by atoms with Gasteiger partial charge in [0.05, 0.1) is 0 Å². The fourth-order valence-corrected chi connectivity index (χ4v) is 1.92. The summed E-state index contributed by atoms with van der Waals surface area (Å²) in [5, 5.41) is 2.91. The van der Waals surface area contributed by atoms with Gasteiger partial charge in [-0.2, -0.15) is 0 Å². The third kappa shape index (κ3) is 3.17. The second kappa shape index (κ2) is 5.93. The van der Waals surface area contributed by atoms with Gasteiger partial charge in [0.1, 0.15) is 17.3 Å². The average Bonchev–Trinajstić information content (AvgIpc) is 2.43. The third-order valence-electron chi connectivity index (χ3n) is 2.57. The van der Waals surface area contributed by atoms with Crippen molar-refractivity contribution < 1.29 is 13.6 Å². The molecule has 2 rings (SSSR count). The van der Waals surface area contributed by atoms with E-state index in [-0.39, 0.29) is 0 Å². The summed E-state index contributed by atoms with van der Waals surface area (Å²) in [5.41, 5.74) is 0.915. The van der Waals surface area contributed by atoms with Crippen LogP contribution in [0.3, 0.4) is 0 Å². The minimum atomic E-state index is -0.801. The molecule has 98 valence electrons. The first-order valence-electron chi connectivity index (χ1n) is 5.52. The molecule has 0 aliphatic carbocycles. The number of carbonyl (C=O) groups excluding carboxylic acids is 1. The fraction of sp³-hybridized carbons (Fsp3) is 0.0714. The van der Waals surface area contributed by atoms with Crippen LogP contribution in [0.4, 0.5) is 14.5 Å². The molecule has 0 aliphatic rings. The van der Waals surface area contributed by atoms with Gasteiger partial charge >= 0.3 is 0 Å². The standard InChI is InChI=1S/C14H10BrF2NO/c15-8-9-4-6-10(7-5-9)14(19)18-13-11(16)2-1-3-12(13)17/h1-7H,8H2,(H,18,19). The molecule has 0 heterocycles. The second-order valence-electron chi connectivity index (χ2n) is 3.88. The van der Waals surface area contributed by atoms with Crippen LogP contribution >= 0.6 is 15.9 Å². The summed E-state index contributed by atoms with van der Waals surface area (Å²) in [6, 6.07) is 10.2. The minimum Gasteiger partial charge on any atom is -0.317 e. The van der Waals surface area contributed by atoms with Crippen molar-refractivity contribution in [1.82, 2.24) is 0 Å². The smallest absolute Gasteiger partial charge is 0.255 e.